The van der Waals surface area contributed by atoms with Crippen molar-refractivity contribution < 1.29 is 28.6 Å². The third-order valence-corrected chi connectivity index (χ3v) is 9.56. The third kappa shape index (κ3) is 5.41. The number of hydrogen-bond acceptors (Lipinski definition) is 9. The molecule has 2 aliphatic heterocycles. The summed E-state index contributed by atoms with van der Waals surface area (Å²) >= 11 is 8.27. The van der Waals surface area contributed by atoms with Crippen molar-refractivity contribution in [3.8, 4) is 5.75 Å². The molecule has 202 valence electrons. The molecule has 2 heterocycles. The van der Waals surface area contributed by atoms with Crippen LogP contribution in [0.2, 0.25) is 0 Å². The molecule has 0 bridgehead atoms. The largest absolute Gasteiger partial charge is 0.497 e. The van der Waals surface area contributed by atoms with Gasteiger partial charge in [-0.15, -0.1) is 0 Å². The Labute approximate surface area is 241 Å². The maximum absolute atomic E-state index is 13.7. The molecule has 10 heteroatoms. The van der Waals surface area contributed by atoms with E-state index in [0.29, 0.717) is 20.4 Å². The van der Waals surface area contributed by atoms with Gasteiger partial charge < -0.3 is 14.2 Å². The highest BCUT2D eigenvalue weighted by Gasteiger charge is 2.45. The first kappa shape index (κ1) is 28.7. The highest BCUT2D eigenvalue weighted by atomic mass is 32.2. The molecule has 0 atom stereocenters. The zero-order valence-electron chi connectivity index (χ0n) is 22.3. The van der Waals surface area contributed by atoms with E-state index in [0.717, 1.165) is 46.0 Å². The molecule has 0 aliphatic carbocycles. The lowest BCUT2D eigenvalue weighted by atomic mass is 9.82. The second kappa shape index (κ2) is 11.4. The lowest BCUT2D eigenvalue weighted by Crippen LogP contribution is -2.55. The van der Waals surface area contributed by atoms with Gasteiger partial charge in [-0.3, -0.25) is 9.69 Å². The van der Waals surface area contributed by atoms with Crippen molar-refractivity contribution in [2.45, 2.75) is 26.3 Å². The number of benzene rings is 2. The van der Waals surface area contributed by atoms with E-state index in [-0.39, 0.29) is 15.7 Å². The summed E-state index contributed by atoms with van der Waals surface area (Å²) in [6, 6.07) is 13.2. The lowest BCUT2D eigenvalue weighted by molar-refractivity contribution is -0.138. The standard InChI is InChI=1S/C29H27NO6S3/c1-16-7-13-20-19(15-16)22(28-38-23(26(32)35-5)24(39-28)27(33)36-6)25(37)29(2,3)30(20)21(31)14-10-17-8-11-18(34-4)12-9-17/h7-15H,1-6H3/b14-10+. The zero-order chi connectivity index (χ0) is 28.5. The van der Waals surface area contributed by atoms with E-state index in [9.17, 15) is 14.4 Å². The number of fused-ring (bicyclic) bond motifs is 1. The fourth-order valence-corrected chi connectivity index (χ4v) is 7.32. The van der Waals surface area contributed by atoms with Gasteiger partial charge >= 0.3 is 11.9 Å². The second-order valence-corrected chi connectivity index (χ2v) is 11.9. The molecule has 0 saturated carbocycles. The van der Waals surface area contributed by atoms with Crippen molar-refractivity contribution >= 4 is 75.8 Å². The molecule has 7 nitrogen and oxygen atoms in total. The number of carbonyl (C=O) groups excluding carboxylic acids is 3. The van der Waals surface area contributed by atoms with Crippen LogP contribution in [0.15, 0.2) is 62.6 Å². The molecule has 2 aromatic carbocycles. The number of methoxy groups -OCH3 is 3. The molecule has 39 heavy (non-hydrogen) atoms. The third-order valence-electron chi connectivity index (χ3n) is 6.30. The summed E-state index contributed by atoms with van der Waals surface area (Å²) in [6.45, 7) is 5.73. The van der Waals surface area contributed by atoms with E-state index in [4.69, 9.17) is 26.4 Å². The first-order valence-electron chi connectivity index (χ1n) is 11.9. The van der Waals surface area contributed by atoms with Crippen molar-refractivity contribution in [2.24, 2.45) is 0 Å². The summed E-state index contributed by atoms with van der Waals surface area (Å²) in [6.07, 6.45) is 3.28. The molecule has 0 N–H and O–H groups in total. The molecular weight excluding hydrogens is 555 g/mol. The van der Waals surface area contributed by atoms with Crippen LogP contribution in [0.5, 0.6) is 5.75 Å². The summed E-state index contributed by atoms with van der Waals surface area (Å²) < 4.78 is 15.7. The highest BCUT2D eigenvalue weighted by Crippen LogP contribution is 2.56. The average molecular weight is 582 g/mol. The van der Waals surface area contributed by atoms with Gasteiger partial charge in [-0.1, -0.05) is 59.5 Å². The van der Waals surface area contributed by atoms with E-state index in [2.05, 4.69) is 0 Å². The van der Waals surface area contributed by atoms with Crippen molar-refractivity contribution in [2.75, 3.05) is 26.2 Å². The average Bonchev–Trinajstić information content (AvgIpc) is 3.37. The fourth-order valence-electron chi connectivity index (χ4n) is 4.29. The van der Waals surface area contributed by atoms with Gasteiger partial charge in [-0.25, -0.2) is 9.59 Å². The fraction of sp³-hybridized carbons (Fsp3) is 0.241. The number of ether oxygens (including phenoxy) is 3. The number of amides is 1. The maximum Gasteiger partial charge on any atom is 0.346 e. The molecular formula is C29H27NO6S3. The Kier molecular flexibility index (Phi) is 8.39. The van der Waals surface area contributed by atoms with E-state index in [1.165, 1.54) is 20.3 Å². The van der Waals surface area contributed by atoms with Crippen molar-refractivity contribution in [1.29, 1.82) is 0 Å². The number of aryl methyl sites for hydroxylation is 1. The predicted molar refractivity (Wildman–Crippen MR) is 161 cm³/mol. The smallest absolute Gasteiger partial charge is 0.346 e. The normalized spacial score (nSPS) is 16.5. The second-order valence-electron chi connectivity index (χ2n) is 9.20. The summed E-state index contributed by atoms with van der Waals surface area (Å²) in [4.78, 5) is 41.2. The van der Waals surface area contributed by atoms with Gasteiger partial charge in [0.05, 0.1) is 41.7 Å². The van der Waals surface area contributed by atoms with Gasteiger partial charge in [0.1, 0.15) is 15.6 Å². The van der Waals surface area contributed by atoms with E-state index >= 15 is 0 Å². The minimum atomic E-state index is -0.901. The molecule has 2 aromatic rings. The van der Waals surface area contributed by atoms with Crippen LogP contribution in [0.1, 0.15) is 30.5 Å². The lowest BCUT2D eigenvalue weighted by Gasteiger charge is -2.45. The molecule has 4 rings (SSSR count). The quantitative estimate of drug-likeness (QED) is 0.243. The Hall–Kier alpha value is -3.34. The monoisotopic (exact) mass is 581 g/mol. The number of nitrogens with zero attached hydrogens (tertiary/aromatic N) is 1. The van der Waals surface area contributed by atoms with E-state index in [1.807, 2.05) is 63.2 Å². The molecule has 1 amide bonds. The molecule has 0 saturated heterocycles. The van der Waals surface area contributed by atoms with Gasteiger partial charge in [0.15, 0.2) is 0 Å². The molecule has 0 radical (unpaired) electrons. The summed E-state index contributed by atoms with van der Waals surface area (Å²) in [5.74, 6) is -0.764. The van der Waals surface area contributed by atoms with Crippen LogP contribution in [0, 0.1) is 6.92 Å². The van der Waals surface area contributed by atoms with Crippen LogP contribution in [0.4, 0.5) is 5.69 Å². The van der Waals surface area contributed by atoms with Crippen LogP contribution in [0.3, 0.4) is 0 Å². The molecule has 0 unspecified atom stereocenters. The number of anilines is 1. The molecule has 0 fully saturated rings. The maximum atomic E-state index is 13.7. The van der Waals surface area contributed by atoms with Crippen LogP contribution < -0.4 is 9.64 Å². The Morgan fingerprint density at radius 3 is 2.05 bits per heavy atom. The van der Waals surface area contributed by atoms with Crippen LogP contribution >= 0.6 is 35.7 Å². The topological polar surface area (TPSA) is 82.1 Å². The van der Waals surface area contributed by atoms with Crippen LogP contribution in [0.25, 0.3) is 11.6 Å². The summed E-state index contributed by atoms with van der Waals surface area (Å²) in [5.41, 5.74) is 3.05. The number of thioether (sulfide) groups is 2. The first-order chi connectivity index (χ1) is 18.5. The van der Waals surface area contributed by atoms with E-state index < -0.39 is 17.5 Å². The van der Waals surface area contributed by atoms with E-state index in [1.54, 1.807) is 18.1 Å². The summed E-state index contributed by atoms with van der Waals surface area (Å²) in [5, 5.41) is 0. The van der Waals surface area contributed by atoms with Gasteiger partial charge in [0.2, 0.25) is 0 Å². The molecule has 0 aromatic heterocycles. The van der Waals surface area contributed by atoms with Crippen molar-refractivity contribution in [3.63, 3.8) is 0 Å². The first-order valence-corrected chi connectivity index (χ1v) is 13.9. The molecule has 0 spiro atoms. The van der Waals surface area contributed by atoms with Crippen molar-refractivity contribution in [1.82, 2.24) is 0 Å². The Morgan fingerprint density at radius 1 is 0.923 bits per heavy atom. The van der Waals surface area contributed by atoms with Crippen LogP contribution in [-0.2, 0) is 23.9 Å². The number of thiocarbonyl (C=S) groups is 1. The number of esters is 2. The van der Waals surface area contributed by atoms with Gasteiger partial charge in [-0.2, -0.15) is 0 Å². The predicted octanol–water partition coefficient (Wildman–Crippen LogP) is 5.92. The Balaban J connectivity index is 1.81. The van der Waals surface area contributed by atoms with Gasteiger partial charge in [0, 0.05) is 17.2 Å². The summed E-state index contributed by atoms with van der Waals surface area (Å²) in [7, 11) is 4.12. The number of rotatable bonds is 5. The van der Waals surface area contributed by atoms with Gasteiger partial charge in [0.25, 0.3) is 5.91 Å². The minimum Gasteiger partial charge on any atom is -0.497 e. The molecule has 2 aliphatic rings. The minimum absolute atomic E-state index is 0.146. The number of carbonyl (C=O) groups is 3. The zero-order valence-corrected chi connectivity index (χ0v) is 24.8. The Bertz CT molecular complexity index is 1440. The Morgan fingerprint density at radius 2 is 1.51 bits per heavy atom. The van der Waals surface area contributed by atoms with Crippen molar-refractivity contribution in [3.05, 3.63) is 79.3 Å². The van der Waals surface area contributed by atoms with Gasteiger partial charge in [-0.05, 0) is 56.7 Å². The van der Waals surface area contributed by atoms with Crippen LogP contribution in [-0.4, -0.2) is 49.6 Å². The number of hydrogen-bond donors (Lipinski definition) is 0. The highest BCUT2D eigenvalue weighted by molar-refractivity contribution is 8.29. The SMILES string of the molecule is COC(=O)C1=C(C(=O)OC)SC(=C2C(=S)C(C)(C)N(C(=O)/C=C/c3ccc(OC)cc3)c3ccc(C)cc32)S1.